The molecule has 0 aliphatic rings. The number of benzene rings is 1. The fraction of sp³-hybridized carbons (Fsp3) is 0.600. The van der Waals surface area contributed by atoms with Crippen LogP contribution in [0.1, 0.15) is 38.3 Å². The molecule has 1 aromatic rings. The molecule has 18 heavy (non-hydrogen) atoms. The molecule has 2 nitrogen and oxygen atoms in total. The van der Waals surface area contributed by atoms with E-state index in [0.717, 1.165) is 19.6 Å². The molecular weight excluding hydrogens is 335 g/mol. The van der Waals surface area contributed by atoms with Gasteiger partial charge in [-0.15, -0.1) is 0 Å². The van der Waals surface area contributed by atoms with E-state index in [1.807, 2.05) is 0 Å². The Morgan fingerprint density at radius 1 is 1.17 bits per heavy atom. The third-order valence-corrected chi connectivity index (χ3v) is 4.32. The normalized spacial score (nSPS) is 11.8. The first-order chi connectivity index (χ1) is 8.40. The van der Waals surface area contributed by atoms with Gasteiger partial charge in [0.05, 0.1) is 0 Å². The van der Waals surface area contributed by atoms with E-state index in [4.69, 9.17) is 0 Å². The Morgan fingerprint density at radius 3 is 2.56 bits per heavy atom. The standard InChI is InChI=1S/C15H25IN2/c1-12-7-5-8-13(14(12)16)11-17-9-6-10-18-15(2,3)4/h5,7-8,17-18H,6,9-11H2,1-4H3. The van der Waals surface area contributed by atoms with E-state index in [9.17, 15) is 0 Å². The van der Waals surface area contributed by atoms with Crippen LogP contribution in [-0.2, 0) is 6.54 Å². The van der Waals surface area contributed by atoms with Crippen molar-refractivity contribution in [3.63, 3.8) is 0 Å². The van der Waals surface area contributed by atoms with Crippen LogP contribution in [0.5, 0.6) is 0 Å². The van der Waals surface area contributed by atoms with E-state index in [2.05, 4.69) is 79.1 Å². The van der Waals surface area contributed by atoms with Gasteiger partial charge in [0.1, 0.15) is 0 Å². The molecule has 0 amide bonds. The van der Waals surface area contributed by atoms with Gasteiger partial charge < -0.3 is 10.6 Å². The maximum Gasteiger partial charge on any atom is 0.0216 e. The van der Waals surface area contributed by atoms with E-state index < -0.39 is 0 Å². The zero-order valence-electron chi connectivity index (χ0n) is 11.9. The van der Waals surface area contributed by atoms with Gasteiger partial charge in [0, 0.05) is 15.7 Å². The van der Waals surface area contributed by atoms with Crippen LogP contribution in [0.25, 0.3) is 0 Å². The Hall–Kier alpha value is -0.130. The summed E-state index contributed by atoms with van der Waals surface area (Å²) < 4.78 is 1.38. The van der Waals surface area contributed by atoms with Gasteiger partial charge in [0.25, 0.3) is 0 Å². The van der Waals surface area contributed by atoms with Crippen LogP contribution in [0, 0.1) is 10.5 Å². The lowest BCUT2D eigenvalue weighted by molar-refractivity contribution is 0.418. The molecule has 0 spiro atoms. The fourth-order valence-corrected chi connectivity index (χ4v) is 2.29. The van der Waals surface area contributed by atoms with Crippen LogP contribution >= 0.6 is 22.6 Å². The summed E-state index contributed by atoms with van der Waals surface area (Å²) in [5.41, 5.74) is 3.00. The molecule has 102 valence electrons. The van der Waals surface area contributed by atoms with Gasteiger partial charge in [-0.1, -0.05) is 18.2 Å². The first-order valence-electron chi connectivity index (χ1n) is 6.60. The minimum absolute atomic E-state index is 0.228. The van der Waals surface area contributed by atoms with E-state index in [-0.39, 0.29) is 5.54 Å². The molecule has 0 saturated carbocycles. The van der Waals surface area contributed by atoms with Crippen LogP contribution in [0.2, 0.25) is 0 Å². The number of hydrogen-bond donors (Lipinski definition) is 2. The maximum atomic E-state index is 3.51. The fourth-order valence-electron chi connectivity index (χ4n) is 1.74. The van der Waals surface area contributed by atoms with E-state index in [0.29, 0.717) is 0 Å². The summed E-state index contributed by atoms with van der Waals surface area (Å²) in [6.07, 6.45) is 1.17. The number of hydrogen-bond acceptors (Lipinski definition) is 2. The summed E-state index contributed by atoms with van der Waals surface area (Å²) in [6, 6.07) is 6.50. The smallest absolute Gasteiger partial charge is 0.0216 e. The number of nitrogens with one attached hydrogen (secondary N) is 2. The summed E-state index contributed by atoms with van der Waals surface area (Å²) >= 11 is 2.43. The summed E-state index contributed by atoms with van der Waals surface area (Å²) in [6.45, 7) is 11.9. The van der Waals surface area contributed by atoms with Crippen molar-refractivity contribution in [2.24, 2.45) is 0 Å². The molecule has 0 unspecified atom stereocenters. The van der Waals surface area contributed by atoms with Crippen LogP contribution < -0.4 is 10.6 Å². The predicted molar refractivity (Wildman–Crippen MR) is 88.0 cm³/mol. The SMILES string of the molecule is Cc1cccc(CNCCCNC(C)(C)C)c1I. The third-order valence-electron chi connectivity index (χ3n) is 2.77. The van der Waals surface area contributed by atoms with E-state index in [1.54, 1.807) is 0 Å². The molecule has 0 aromatic heterocycles. The molecule has 1 aromatic carbocycles. The van der Waals surface area contributed by atoms with Crippen LogP contribution in [0.4, 0.5) is 0 Å². The van der Waals surface area contributed by atoms with Crippen LogP contribution in [0.15, 0.2) is 18.2 Å². The van der Waals surface area contributed by atoms with Gasteiger partial charge in [-0.2, -0.15) is 0 Å². The maximum absolute atomic E-state index is 3.51. The summed E-state index contributed by atoms with van der Waals surface area (Å²) in [4.78, 5) is 0. The van der Waals surface area contributed by atoms with Crippen LogP contribution in [-0.4, -0.2) is 18.6 Å². The third kappa shape index (κ3) is 6.16. The minimum atomic E-state index is 0.228. The second-order valence-corrected chi connectivity index (χ2v) is 6.83. The predicted octanol–water partition coefficient (Wildman–Crippen LogP) is 3.47. The monoisotopic (exact) mass is 360 g/mol. The zero-order valence-corrected chi connectivity index (χ0v) is 14.1. The van der Waals surface area contributed by atoms with Gasteiger partial charge in [0.15, 0.2) is 0 Å². The largest absolute Gasteiger partial charge is 0.313 e. The zero-order chi connectivity index (χ0) is 13.6. The lowest BCUT2D eigenvalue weighted by atomic mass is 10.1. The van der Waals surface area contributed by atoms with Gasteiger partial charge in [-0.3, -0.25) is 0 Å². The van der Waals surface area contributed by atoms with Crippen molar-refractivity contribution >= 4 is 22.6 Å². The van der Waals surface area contributed by atoms with E-state index >= 15 is 0 Å². The van der Waals surface area contributed by atoms with Gasteiger partial charge in [-0.05, 0) is 80.9 Å². The Labute approximate surface area is 125 Å². The molecule has 1 rings (SSSR count). The lowest BCUT2D eigenvalue weighted by Gasteiger charge is -2.20. The Bertz CT molecular complexity index is 369. The Morgan fingerprint density at radius 2 is 1.89 bits per heavy atom. The molecule has 0 fully saturated rings. The molecule has 0 heterocycles. The number of halogens is 1. The molecule has 0 bridgehead atoms. The molecule has 3 heteroatoms. The van der Waals surface area contributed by atoms with Crippen molar-refractivity contribution in [3.8, 4) is 0 Å². The van der Waals surface area contributed by atoms with Crippen molar-refractivity contribution in [2.45, 2.75) is 46.2 Å². The van der Waals surface area contributed by atoms with Gasteiger partial charge >= 0.3 is 0 Å². The van der Waals surface area contributed by atoms with Crippen molar-refractivity contribution in [1.29, 1.82) is 0 Å². The van der Waals surface area contributed by atoms with Gasteiger partial charge in [0.2, 0.25) is 0 Å². The molecule has 0 saturated heterocycles. The van der Waals surface area contributed by atoms with Crippen molar-refractivity contribution in [2.75, 3.05) is 13.1 Å². The Kier molecular flexibility index (Phi) is 6.60. The van der Waals surface area contributed by atoms with E-state index in [1.165, 1.54) is 21.1 Å². The minimum Gasteiger partial charge on any atom is -0.313 e. The summed E-state index contributed by atoms with van der Waals surface area (Å²) in [7, 11) is 0. The summed E-state index contributed by atoms with van der Waals surface area (Å²) in [5.74, 6) is 0. The first kappa shape index (κ1) is 15.9. The second kappa shape index (κ2) is 7.46. The molecule has 0 aliphatic heterocycles. The molecule has 0 radical (unpaired) electrons. The van der Waals surface area contributed by atoms with Crippen LogP contribution in [0.3, 0.4) is 0 Å². The average molecular weight is 360 g/mol. The topological polar surface area (TPSA) is 24.1 Å². The average Bonchev–Trinajstić information content (AvgIpc) is 2.27. The van der Waals surface area contributed by atoms with Crippen molar-refractivity contribution in [1.82, 2.24) is 10.6 Å². The highest BCUT2D eigenvalue weighted by Crippen LogP contribution is 2.16. The first-order valence-corrected chi connectivity index (χ1v) is 7.68. The molecule has 0 aliphatic carbocycles. The Balaban J connectivity index is 2.20. The second-order valence-electron chi connectivity index (χ2n) is 5.76. The van der Waals surface area contributed by atoms with Gasteiger partial charge in [-0.25, -0.2) is 0 Å². The summed E-state index contributed by atoms with van der Waals surface area (Å²) in [5, 5.41) is 7.01. The highest BCUT2D eigenvalue weighted by Gasteiger charge is 2.07. The van der Waals surface area contributed by atoms with Crippen molar-refractivity contribution < 1.29 is 0 Å². The highest BCUT2D eigenvalue weighted by atomic mass is 127. The lowest BCUT2D eigenvalue weighted by Crippen LogP contribution is -2.37. The quantitative estimate of drug-likeness (QED) is 0.600. The molecule has 0 atom stereocenters. The highest BCUT2D eigenvalue weighted by molar-refractivity contribution is 14.1. The van der Waals surface area contributed by atoms with Crippen molar-refractivity contribution in [3.05, 3.63) is 32.9 Å². The molecular formula is C15H25IN2. The number of aryl methyl sites for hydroxylation is 1. The number of rotatable bonds is 6. The molecule has 2 N–H and O–H groups in total.